The van der Waals surface area contributed by atoms with Crippen LogP contribution < -0.4 is 15.8 Å². The highest BCUT2D eigenvalue weighted by Crippen LogP contribution is 2.24. The Morgan fingerprint density at radius 1 is 1.40 bits per heavy atom. The molecule has 7 heteroatoms. The molecule has 20 heavy (non-hydrogen) atoms. The van der Waals surface area contributed by atoms with Gasteiger partial charge < -0.3 is 15.8 Å². The second-order valence-corrected chi connectivity index (χ2v) is 4.34. The monoisotopic (exact) mass is 276 g/mol. The molecule has 0 unspecified atom stereocenters. The molecule has 0 bridgehead atoms. The van der Waals surface area contributed by atoms with Gasteiger partial charge in [0.25, 0.3) is 0 Å². The number of rotatable bonds is 8. The second-order valence-electron chi connectivity index (χ2n) is 4.34. The summed E-state index contributed by atoms with van der Waals surface area (Å²) < 4.78 is 7.35. The van der Waals surface area contributed by atoms with Gasteiger partial charge in [-0.3, -0.25) is 4.68 Å². The number of ether oxygens (including phenoxy) is 1. The van der Waals surface area contributed by atoms with Crippen LogP contribution in [-0.2, 0) is 6.54 Å². The van der Waals surface area contributed by atoms with Crippen molar-refractivity contribution in [3.8, 4) is 5.88 Å². The van der Waals surface area contributed by atoms with Gasteiger partial charge in [-0.15, -0.1) is 0 Å². The second kappa shape index (κ2) is 7.32. The molecular weight excluding hydrogens is 256 g/mol. The molecule has 2 aromatic heterocycles. The topological polar surface area (TPSA) is 90.9 Å². The van der Waals surface area contributed by atoms with E-state index in [1.807, 2.05) is 23.9 Å². The Morgan fingerprint density at radius 3 is 3.05 bits per heavy atom. The number of aryl methyl sites for hydroxylation is 1. The molecule has 0 aliphatic heterocycles. The minimum Gasteiger partial charge on any atom is -0.476 e. The Hall–Kier alpha value is -2.31. The maximum atomic E-state index is 5.97. The van der Waals surface area contributed by atoms with E-state index in [0.717, 1.165) is 25.9 Å². The van der Waals surface area contributed by atoms with Crippen molar-refractivity contribution in [2.45, 2.75) is 26.3 Å². The van der Waals surface area contributed by atoms with Crippen molar-refractivity contribution < 1.29 is 4.74 Å². The molecule has 0 amide bonds. The SMILES string of the molecule is CCCOc1ncnc(NCCCn2cccn2)c1N. The average molecular weight is 276 g/mol. The number of nitrogens with one attached hydrogen (secondary N) is 1. The van der Waals surface area contributed by atoms with Crippen molar-refractivity contribution in [3.63, 3.8) is 0 Å². The predicted molar refractivity (Wildman–Crippen MR) is 77.6 cm³/mol. The maximum Gasteiger partial charge on any atom is 0.242 e. The molecule has 0 atom stereocenters. The Morgan fingerprint density at radius 2 is 2.30 bits per heavy atom. The number of aromatic nitrogens is 4. The molecule has 2 rings (SSSR count). The Balaban J connectivity index is 1.82. The average Bonchev–Trinajstić information content (AvgIpc) is 2.97. The lowest BCUT2D eigenvalue weighted by atomic mass is 10.4. The highest BCUT2D eigenvalue weighted by atomic mass is 16.5. The van der Waals surface area contributed by atoms with Crippen LogP contribution in [0.25, 0.3) is 0 Å². The van der Waals surface area contributed by atoms with E-state index >= 15 is 0 Å². The van der Waals surface area contributed by atoms with Gasteiger partial charge in [0.15, 0.2) is 5.82 Å². The molecule has 0 spiro atoms. The molecule has 0 saturated heterocycles. The summed E-state index contributed by atoms with van der Waals surface area (Å²) in [6.07, 6.45) is 7.01. The summed E-state index contributed by atoms with van der Waals surface area (Å²) in [6.45, 7) is 4.24. The third kappa shape index (κ3) is 3.84. The van der Waals surface area contributed by atoms with Gasteiger partial charge >= 0.3 is 0 Å². The summed E-state index contributed by atoms with van der Waals surface area (Å²) in [5.41, 5.74) is 6.43. The zero-order valence-electron chi connectivity index (χ0n) is 11.6. The predicted octanol–water partition coefficient (Wildman–Crippen LogP) is 1.55. The molecule has 0 fully saturated rings. The van der Waals surface area contributed by atoms with Crippen molar-refractivity contribution in [3.05, 3.63) is 24.8 Å². The molecule has 108 valence electrons. The van der Waals surface area contributed by atoms with E-state index in [0.29, 0.717) is 24.0 Å². The third-order valence-electron chi connectivity index (χ3n) is 2.71. The summed E-state index contributed by atoms with van der Waals surface area (Å²) in [5, 5.41) is 7.34. The van der Waals surface area contributed by atoms with Crippen LogP contribution in [0, 0.1) is 0 Å². The van der Waals surface area contributed by atoms with Crippen molar-refractivity contribution in [1.82, 2.24) is 19.7 Å². The summed E-state index contributed by atoms with van der Waals surface area (Å²) >= 11 is 0. The molecule has 0 radical (unpaired) electrons. The molecule has 7 nitrogen and oxygen atoms in total. The number of nitrogen functional groups attached to an aromatic ring is 1. The largest absolute Gasteiger partial charge is 0.476 e. The number of nitrogens with zero attached hydrogens (tertiary/aromatic N) is 4. The normalized spacial score (nSPS) is 10.4. The van der Waals surface area contributed by atoms with Gasteiger partial charge in [-0.25, -0.2) is 4.98 Å². The van der Waals surface area contributed by atoms with Crippen LogP contribution in [0.4, 0.5) is 11.5 Å². The van der Waals surface area contributed by atoms with Gasteiger partial charge in [0.05, 0.1) is 6.61 Å². The van der Waals surface area contributed by atoms with Crippen LogP contribution in [0.2, 0.25) is 0 Å². The van der Waals surface area contributed by atoms with Gasteiger partial charge in [0.1, 0.15) is 12.0 Å². The first-order valence-corrected chi connectivity index (χ1v) is 6.76. The molecule has 0 aliphatic rings. The first kappa shape index (κ1) is 14.1. The van der Waals surface area contributed by atoms with Crippen LogP contribution in [-0.4, -0.2) is 32.9 Å². The zero-order valence-corrected chi connectivity index (χ0v) is 11.6. The molecule has 3 N–H and O–H groups in total. The number of nitrogens with two attached hydrogens (primary N) is 1. The van der Waals surface area contributed by atoms with E-state index in [1.54, 1.807) is 6.20 Å². The van der Waals surface area contributed by atoms with Gasteiger partial charge in [-0.1, -0.05) is 6.92 Å². The van der Waals surface area contributed by atoms with E-state index < -0.39 is 0 Å². The van der Waals surface area contributed by atoms with E-state index in [1.165, 1.54) is 6.33 Å². The molecule has 2 heterocycles. The number of hydrogen-bond donors (Lipinski definition) is 2. The fourth-order valence-electron chi connectivity index (χ4n) is 1.71. The van der Waals surface area contributed by atoms with Gasteiger partial charge in [-0.05, 0) is 18.9 Å². The quantitative estimate of drug-likeness (QED) is 0.711. The minimum atomic E-state index is 0.441. The fraction of sp³-hybridized carbons (Fsp3) is 0.462. The smallest absolute Gasteiger partial charge is 0.242 e. The minimum absolute atomic E-state index is 0.441. The molecule has 0 aliphatic carbocycles. The summed E-state index contributed by atoms with van der Waals surface area (Å²) in [7, 11) is 0. The fourth-order valence-corrected chi connectivity index (χ4v) is 1.71. The summed E-state index contributed by atoms with van der Waals surface area (Å²) in [5.74, 6) is 1.06. The first-order valence-electron chi connectivity index (χ1n) is 6.76. The lowest BCUT2D eigenvalue weighted by Crippen LogP contribution is -2.11. The van der Waals surface area contributed by atoms with Crippen LogP contribution in [0.5, 0.6) is 5.88 Å². The van der Waals surface area contributed by atoms with E-state index in [-0.39, 0.29) is 0 Å². The highest BCUT2D eigenvalue weighted by Gasteiger charge is 2.08. The van der Waals surface area contributed by atoms with Crippen molar-refractivity contribution in [2.24, 2.45) is 0 Å². The third-order valence-corrected chi connectivity index (χ3v) is 2.71. The summed E-state index contributed by atoms with van der Waals surface area (Å²) in [6, 6.07) is 1.91. The highest BCUT2D eigenvalue weighted by molar-refractivity contribution is 5.66. The van der Waals surface area contributed by atoms with Gasteiger partial charge in [-0.2, -0.15) is 10.1 Å². The number of anilines is 2. The lowest BCUT2D eigenvalue weighted by Gasteiger charge is -2.11. The van der Waals surface area contributed by atoms with Crippen LogP contribution in [0.3, 0.4) is 0 Å². The van der Waals surface area contributed by atoms with Crippen molar-refractivity contribution in [1.29, 1.82) is 0 Å². The van der Waals surface area contributed by atoms with E-state index in [9.17, 15) is 0 Å². The molecular formula is C13H20N6O. The molecule has 0 saturated carbocycles. The van der Waals surface area contributed by atoms with Crippen LogP contribution >= 0.6 is 0 Å². The first-order chi connectivity index (χ1) is 9.81. The van der Waals surface area contributed by atoms with Crippen molar-refractivity contribution >= 4 is 11.5 Å². The van der Waals surface area contributed by atoms with E-state index in [2.05, 4.69) is 20.4 Å². The van der Waals surface area contributed by atoms with Crippen LogP contribution in [0.1, 0.15) is 19.8 Å². The Labute approximate surface area is 118 Å². The maximum absolute atomic E-state index is 5.97. The van der Waals surface area contributed by atoms with Gasteiger partial charge in [0.2, 0.25) is 5.88 Å². The molecule has 2 aromatic rings. The van der Waals surface area contributed by atoms with E-state index in [4.69, 9.17) is 10.5 Å². The Bertz CT molecular complexity index is 514. The Kier molecular flexibility index (Phi) is 5.16. The van der Waals surface area contributed by atoms with Crippen LogP contribution in [0.15, 0.2) is 24.8 Å². The van der Waals surface area contributed by atoms with Crippen molar-refractivity contribution in [2.75, 3.05) is 24.2 Å². The number of hydrogen-bond acceptors (Lipinski definition) is 6. The summed E-state index contributed by atoms with van der Waals surface area (Å²) in [4.78, 5) is 8.16. The molecule has 0 aromatic carbocycles. The lowest BCUT2D eigenvalue weighted by molar-refractivity contribution is 0.306. The van der Waals surface area contributed by atoms with Gasteiger partial charge in [0, 0.05) is 25.5 Å². The zero-order chi connectivity index (χ0) is 14.2. The standard InChI is InChI=1S/C13H20N6O/c1-2-9-20-13-11(14)12(16-10-17-13)15-5-3-7-19-8-4-6-18-19/h4,6,8,10H,2-3,5,7,9,14H2,1H3,(H,15,16,17).